The molecule has 2 saturated carbocycles. The van der Waals surface area contributed by atoms with Crippen LogP contribution in [-0.2, 0) is 20.6 Å². The second-order valence-electron chi connectivity index (χ2n) is 12.7. The van der Waals surface area contributed by atoms with Gasteiger partial charge in [-0.05, 0) is 134 Å². The van der Waals surface area contributed by atoms with Crippen molar-refractivity contribution >= 4 is 0 Å². The summed E-state index contributed by atoms with van der Waals surface area (Å²) in [5.74, 6) is 3.80. The predicted molar refractivity (Wildman–Crippen MR) is 149 cm³/mol. The van der Waals surface area contributed by atoms with Crippen molar-refractivity contribution in [3.63, 3.8) is 0 Å². The van der Waals surface area contributed by atoms with Gasteiger partial charge in [-0.15, -0.1) is 0 Å². The molecule has 3 fully saturated rings. The third kappa shape index (κ3) is 5.13. The van der Waals surface area contributed by atoms with Crippen molar-refractivity contribution in [1.29, 1.82) is 0 Å². The number of ether oxygens (including phenoxy) is 3. The van der Waals surface area contributed by atoms with Gasteiger partial charge in [-0.25, -0.2) is 4.39 Å². The summed E-state index contributed by atoms with van der Waals surface area (Å²) in [5.41, 5.74) is 2.61. The van der Waals surface area contributed by atoms with Crippen LogP contribution in [0.15, 0.2) is 66.2 Å². The van der Waals surface area contributed by atoms with E-state index >= 15 is 0 Å². The molecule has 1 spiro atoms. The summed E-state index contributed by atoms with van der Waals surface area (Å²) >= 11 is 0. The van der Waals surface area contributed by atoms with E-state index in [0.29, 0.717) is 35.3 Å². The predicted octanol–water partition coefficient (Wildman–Crippen LogP) is 7.66. The molecule has 208 valence electrons. The summed E-state index contributed by atoms with van der Waals surface area (Å²) in [6.07, 6.45) is 23.0. The number of allylic oxidation sites excluding steroid dienone is 7. The zero-order valence-corrected chi connectivity index (χ0v) is 22.8. The molecule has 0 bridgehead atoms. The van der Waals surface area contributed by atoms with Crippen LogP contribution in [0.1, 0.15) is 74.8 Å². The molecule has 5 unspecified atom stereocenters. The van der Waals surface area contributed by atoms with Gasteiger partial charge in [0.1, 0.15) is 17.3 Å². The maximum atomic E-state index is 13.8. The first-order chi connectivity index (χ1) is 19.1. The van der Waals surface area contributed by atoms with E-state index in [-0.39, 0.29) is 17.7 Å². The highest BCUT2D eigenvalue weighted by molar-refractivity contribution is 5.41. The van der Waals surface area contributed by atoms with E-state index in [4.69, 9.17) is 14.2 Å². The zero-order valence-electron chi connectivity index (χ0n) is 22.8. The molecule has 1 saturated heterocycles. The lowest BCUT2D eigenvalue weighted by molar-refractivity contribution is -0.201. The molecule has 1 aliphatic heterocycles. The molecule has 5 heteroatoms. The Kier molecular flexibility index (Phi) is 6.92. The zero-order chi connectivity index (χ0) is 26.4. The number of hydrogen-bond acceptors (Lipinski definition) is 4. The van der Waals surface area contributed by atoms with Gasteiger partial charge in [0.15, 0.2) is 5.79 Å². The quantitative estimate of drug-likeness (QED) is 0.433. The van der Waals surface area contributed by atoms with Gasteiger partial charge >= 0.3 is 0 Å². The number of aryl methyl sites for hydroxylation is 1. The van der Waals surface area contributed by atoms with Crippen LogP contribution in [0.4, 0.5) is 4.39 Å². The van der Waals surface area contributed by atoms with E-state index in [1.165, 1.54) is 24.0 Å². The van der Waals surface area contributed by atoms with Crippen molar-refractivity contribution in [3.8, 4) is 5.75 Å². The van der Waals surface area contributed by atoms with Gasteiger partial charge < -0.3 is 19.3 Å². The molecule has 1 aromatic carbocycles. The van der Waals surface area contributed by atoms with Crippen molar-refractivity contribution in [2.75, 3.05) is 13.2 Å². The Hall–Kier alpha value is -2.37. The molecule has 0 radical (unpaired) electrons. The second-order valence-corrected chi connectivity index (χ2v) is 12.7. The van der Waals surface area contributed by atoms with Crippen molar-refractivity contribution in [1.82, 2.24) is 0 Å². The lowest BCUT2D eigenvalue weighted by Gasteiger charge is -2.45. The highest BCUT2D eigenvalue weighted by Gasteiger charge is 2.47. The Balaban J connectivity index is 1.04. The lowest BCUT2D eigenvalue weighted by Crippen LogP contribution is -2.43. The first-order valence-corrected chi connectivity index (χ1v) is 15.2. The highest BCUT2D eigenvalue weighted by atomic mass is 19.1. The minimum absolute atomic E-state index is 0.119. The average Bonchev–Trinajstić information content (AvgIpc) is 3.40. The third-order valence-corrected chi connectivity index (χ3v) is 10.6. The summed E-state index contributed by atoms with van der Waals surface area (Å²) < 4.78 is 32.5. The van der Waals surface area contributed by atoms with Gasteiger partial charge in [0.05, 0.1) is 19.3 Å². The van der Waals surface area contributed by atoms with Gasteiger partial charge in [0, 0.05) is 12.8 Å². The molecule has 7 rings (SSSR count). The van der Waals surface area contributed by atoms with Crippen LogP contribution < -0.4 is 0 Å². The number of benzene rings is 1. The van der Waals surface area contributed by atoms with Crippen molar-refractivity contribution in [2.45, 2.75) is 82.0 Å². The summed E-state index contributed by atoms with van der Waals surface area (Å²) in [7, 11) is 0. The number of hydrogen-bond donors (Lipinski definition) is 1. The minimum Gasteiger partial charge on any atom is -0.508 e. The monoisotopic (exact) mass is 532 g/mol. The first kappa shape index (κ1) is 25.6. The number of fused-ring (bicyclic) bond motifs is 2. The Morgan fingerprint density at radius 1 is 0.923 bits per heavy atom. The molecule has 4 nitrogen and oxygen atoms in total. The smallest absolute Gasteiger partial charge is 0.168 e. The van der Waals surface area contributed by atoms with Gasteiger partial charge in [0.2, 0.25) is 0 Å². The van der Waals surface area contributed by atoms with Crippen molar-refractivity contribution in [2.24, 2.45) is 29.6 Å². The highest BCUT2D eigenvalue weighted by Crippen LogP contribution is 2.51. The summed E-state index contributed by atoms with van der Waals surface area (Å²) in [6, 6.07) is 5.90. The summed E-state index contributed by atoms with van der Waals surface area (Å²) in [6.45, 7) is 1.46. The van der Waals surface area contributed by atoms with Crippen LogP contribution in [0, 0.1) is 29.6 Å². The normalized spacial score (nSPS) is 37.1. The molecule has 6 aliphatic rings. The number of phenolic OH excluding ortho intramolecular Hbond substituents is 1. The fourth-order valence-electron chi connectivity index (χ4n) is 8.67. The molecule has 39 heavy (non-hydrogen) atoms. The van der Waals surface area contributed by atoms with E-state index < -0.39 is 0 Å². The molecule has 0 amide bonds. The van der Waals surface area contributed by atoms with Crippen molar-refractivity contribution < 1.29 is 23.7 Å². The Bertz CT molecular complexity index is 1190. The van der Waals surface area contributed by atoms with Crippen LogP contribution in [0.25, 0.3) is 0 Å². The molecule has 7 atom stereocenters. The Morgan fingerprint density at radius 2 is 1.77 bits per heavy atom. The fourth-order valence-corrected chi connectivity index (χ4v) is 8.67. The van der Waals surface area contributed by atoms with Crippen LogP contribution in [0.5, 0.6) is 5.75 Å². The molecular weight excluding hydrogens is 491 g/mol. The number of phenols is 1. The van der Waals surface area contributed by atoms with E-state index in [1.54, 1.807) is 12.2 Å². The van der Waals surface area contributed by atoms with Gasteiger partial charge in [0.25, 0.3) is 0 Å². The van der Waals surface area contributed by atoms with E-state index in [2.05, 4.69) is 30.4 Å². The van der Waals surface area contributed by atoms with Crippen molar-refractivity contribution in [3.05, 3.63) is 77.4 Å². The Morgan fingerprint density at radius 3 is 2.56 bits per heavy atom. The standard InChI is InChI=1S/C34H41FO4/c35-27-7-1-23(2-8-27)31-13-6-25-19-28(36)9-14-32(25)33(31)24-4-10-29(11-5-24)39-30-12-3-22-15-16-34(21-26(22)20-30)37-17-18-38-34/h1,4,7-11,14,19,22-24,26,30-31,33,36H,2-3,5-6,12-13,15-18,20-21H2/t22?,23?,24?,26?,30?,31-,33+/m1/s1. The summed E-state index contributed by atoms with van der Waals surface area (Å²) in [4.78, 5) is 0. The number of halogens is 1. The van der Waals surface area contributed by atoms with Crippen LogP contribution in [0.3, 0.4) is 0 Å². The maximum absolute atomic E-state index is 13.8. The first-order valence-electron chi connectivity index (χ1n) is 15.2. The minimum atomic E-state index is -0.320. The van der Waals surface area contributed by atoms with Gasteiger partial charge in [-0.2, -0.15) is 0 Å². The Labute approximate surface area is 231 Å². The lowest BCUT2D eigenvalue weighted by atomic mass is 9.63. The average molecular weight is 533 g/mol. The van der Waals surface area contributed by atoms with E-state index in [0.717, 1.165) is 76.3 Å². The van der Waals surface area contributed by atoms with E-state index in [9.17, 15) is 9.50 Å². The van der Waals surface area contributed by atoms with Gasteiger partial charge in [-0.3, -0.25) is 0 Å². The number of aromatic hydroxyl groups is 1. The largest absolute Gasteiger partial charge is 0.508 e. The molecule has 1 N–H and O–H groups in total. The van der Waals surface area contributed by atoms with E-state index in [1.807, 2.05) is 12.1 Å². The topological polar surface area (TPSA) is 47.9 Å². The molecule has 1 heterocycles. The van der Waals surface area contributed by atoms with Gasteiger partial charge in [-0.1, -0.05) is 18.2 Å². The summed E-state index contributed by atoms with van der Waals surface area (Å²) in [5, 5.41) is 10.1. The molecule has 5 aliphatic carbocycles. The van der Waals surface area contributed by atoms with Crippen LogP contribution in [-0.4, -0.2) is 30.2 Å². The molecule has 1 aromatic rings. The fraction of sp³-hybridized carbons (Fsp3) is 0.588. The molecular formula is C34H41FO4. The number of rotatable bonds is 4. The second kappa shape index (κ2) is 10.6. The third-order valence-electron chi connectivity index (χ3n) is 10.6. The molecule has 0 aromatic heterocycles. The maximum Gasteiger partial charge on any atom is 0.168 e. The van der Waals surface area contributed by atoms with Crippen LogP contribution >= 0.6 is 0 Å². The SMILES string of the molecule is Oc1ccc2c(c1)CC[C@H](C1C=CC(F)=CC1)[C@@H]2C1C=CC(OC2CCC3CCC4(CC3C2)OCCO4)=CC1. The van der Waals surface area contributed by atoms with Crippen LogP contribution in [0.2, 0.25) is 0 Å².